The van der Waals surface area contributed by atoms with E-state index in [2.05, 4.69) is 51.3 Å². The number of methoxy groups -OCH3 is 1. The van der Waals surface area contributed by atoms with E-state index in [4.69, 9.17) is 10.6 Å². The van der Waals surface area contributed by atoms with Crippen molar-refractivity contribution in [2.45, 2.75) is 65.0 Å². The molecule has 1 aromatic rings. The first kappa shape index (κ1) is 16.5. The third kappa shape index (κ3) is 3.31. The van der Waals surface area contributed by atoms with Crippen molar-refractivity contribution < 1.29 is 4.74 Å². The summed E-state index contributed by atoms with van der Waals surface area (Å²) < 4.78 is 6.01. The fourth-order valence-electron chi connectivity index (χ4n) is 3.46. The summed E-state index contributed by atoms with van der Waals surface area (Å²) in [5.41, 5.74) is 7.07. The molecule has 3 nitrogen and oxygen atoms in total. The van der Waals surface area contributed by atoms with E-state index < -0.39 is 0 Å². The van der Waals surface area contributed by atoms with Crippen LogP contribution in [0.15, 0.2) is 18.2 Å². The number of nitrogens with one attached hydrogen (secondary N) is 1. The van der Waals surface area contributed by atoms with E-state index >= 15 is 0 Å². The smallest absolute Gasteiger partial charge is 0.0885 e. The molecule has 3 heteroatoms. The minimum atomic E-state index is -0.202. The van der Waals surface area contributed by atoms with Gasteiger partial charge < -0.3 is 4.74 Å². The van der Waals surface area contributed by atoms with Crippen LogP contribution in [0.4, 0.5) is 0 Å². The van der Waals surface area contributed by atoms with E-state index in [1.54, 1.807) is 0 Å². The van der Waals surface area contributed by atoms with Crippen LogP contribution in [0.5, 0.6) is 0 Å². The highest BCUT2D eigenvalue weighted by molar-refractivity contribution is 5.33. The summed E-state index contributed by atoms with van der Waals surface area (Å²) in [6.07, 6.45) is 4.42. The average molecular weight is 290 g/mol. The Balaban J connectivity index is 2.31. The van der Waals surface area contributed by atoms with Gasteiger partial charge in [-0.1, -0.05) is 32.0 Å². The van der Waals surface area contributed by atoms with E-state index in [1.807, 2.05) is 7.11 Å². The zero-order valence-corrected chi connectivity index (χ0v) is 14.1. The Morgan fingerprint density at radius 2 is 1.71 bits per heavy atom. The van der Waals surface area contributed by atoms with Crippen LogP contribution < -0.4 is 11.3 Å². The Labute approximate surface area is 129 Å². The maximum Gasteiger partial charge on any atom is 0.0885 e. The second kappa shape index (κ2) is 6.07. The highest BCUT2D eigenvalue weighted by Gasteiger charge is 2.44. The van der Waals surface area contributed by atoms with E-state index in [0.29, 0.717) is 5.41 Å². The van der Waals surface area contributed by atoms with Gasteiger partial charge in [0.1, 0.15) is 0 Å². The number of benzene rings is 1. The third-order valence-corrected chi connectivity index (χ3v) is 5.41. The van der Waals surface area contributed by atoms with Crippen molar-refractivity contribution in [1.29, 1.82) is 0 Å². The molecule has 1 atom stereocenters. The van der Waals surface area contributed by atoms with Crippen molar-refractivity contribution in [2.24, 2.45) is 11.3 Å². The maximum absolute atomic E-state index is 6.01. The van der Waals surface area contributed by atoms with Gasteiger partial charge >= 0.3 is 0 Å². The molecule has 0 bridgehead atoms. The minimum absolute atomic E-state index is 0.0397. The molecule has 0 amide bonds. The number of nitrogens with two attached hydrogens (primary N) is 1. The molecule has 1 fully saturated rings. The van der Waals surface area contributed by atoms with Crippen LogP contribution in [0.25, 0.3) is 0 Å². The Kier molecular flexibility index (Phi) is 4.76. The normalized spacial score (nSPS) is 22.0. The summed E-state index contributed by atoms with van der Waals surface area (Å²) in [6, 6.07) is 6.62. The van der Waals surface area contributed by atoms with E-state index in [0.717, 1.165) is 12.8 Å². The molecule has 1 saturated carbocycles. The van der Waals surface area contributed by atoms with E-state index in [9.17, 15) is 0 Å². The van der Waals surface area contributed by atoms with Gasteiger partial charge in [0.15, 0.2) is 0 Å². The first-order valence-corrected chi connectivity index (χ1v) is 7.92. The van der Waals surface area contributed by atoms with Gasteiger partial charge in [0.25, 0.3) is 0 Å². The lowest BCUT2D eigenvalue weighted by Gasteiger charge is -2.47. The molecule has 0 radical (unpaired) electrons. The van der Waals surface area contributed by atoms with E-state index in [-0.39, 0.29) is 11.6 Å². The van der Waals surface area contributed by atoms with Crippen molar-refractivity contribution in [3.05, 3.63) is 34.9 Å². The predicted octanol–water partition coefficient (Wildman–Crippen LogP) is 3.79. The number of rotatable bonds is 4. The standard InChI is InChI=1S/C18H30N2O/c1-13-6-7-15(12-14(13)2)16(20-19)18(21-5)10-8-17(3,4)9-11-18/h6-7,12,16,20H,8-11,19H2,1-5H3. The van der Waals surface area contributed by atoms with Crippen molar-refractivity contribution in [3.63, 3.8) is 0 Å². The van der Waals surface area contributed by atoms with Crippen molar-refractivity contribution in [1.82, 2.24) is 5.43 Å². The van der Waals surface area contributed by atoms with Gasteiger partial charge in [-0.05, 0) is 61.6 Å². The van der Waals surface area contributed by atoms with Crippen LogP contribution in [0.2, 0.25) is 0 Å². The summed E-state index contributed by atoms with van der Waals surface area (Å²) in [4.78, 5) is 0. The summed E-state index contributed by atoms with van der Waals surface area (Å²) >= 11 is 0. The Morgan fingerprint density at radius 3 is 2.19 bits per heavy atom. The van der Waals surface area contributed by atoms with Gasteiger partial charge in [0, 0.05) is 7.11 Å². The number of ether oxygens (including phenoxy) is 1. The van der Waals surface area contributed by atoms with Crippen LogP contribution in [0.1, 0.15) is 62.3 Å². The highest BCUT2D eigenvalue weighted by Crippen LogP contribution is 2.47. The molecule has 1 aliphatic rings. The summed E-state index contributed by atoms with van der Waals surface area (Å²) in [5, 5.41) is 0. The lowest BCUT2D eigenvalue weighted by molar-refractivity contribution is -0.0877. The molecule has 0 heterocycles. The molecule has 3 N–H and O–H groups in total. The average Bonchev–Trinajstić information content (AvgIpc) is 2.45. The molecule has 1 aromatic carbocycles. The molecule has 1 unspecified atom stereocenters. The van der Waals surface area contributed by atoms with Crippen LogP contribution in [0.3, 0.4) is 0 Å². The molecular formula is C18H30N2O. The molecule has 21 heavy (non-hydrogen) atoms. The van der Waals surface area contributed by atoms with Gasteiger partial charge in [-0.2, -0.15) is 0 Å². The van der Waals surface area contributed by atoms with Gasteiger partial charge in [-0.15, -0.1) is 0 Å². The lowest BCUT2D eigenvalue weighted by Crippen LogP contribution is -2.51. The zero-order valence-electron chi connectivity index (χ0n) is 14.1. The SMILES string of the molecule is COC1(C(NN)c2ccc(C)c(C)c2)CCC(C)(C)CC1. The quantitative estimate of drug-likeness (QED) is 0.655. The first-order valence-electron chi connectivity index (χ1n) is 7.92. The van der Waals surface area contributed by atoms with Crippen LogP contribution in [-0.4, -0.2) is 12.7 Å². The van der Waals surface area contributed by atoms with Crippen molar-refractivity contribution in [3.8, 4) is 0 Å². The number of hydrogen-bond acceptors (Lipinski definition) is 3. The first-order chi connectivity index (χ1) is 9.83. The predicted molar refractivity (Wildman–Crippen MR) is 88.0 cm³/mol. The number of hydrogen-bond donors (Lipinski definition) is 2. The van der Waals surface area contributed by atoms with Gasteiger partial charge in [-0.3, -0.25) is 11.3 Å². The maximum atomic E-state index is 6.01. The zero-order chi connectivity index (χ0) is 15.7. The van der Waals surface area contributed by atoms with Crippen molar-refractivity contribution in [2.75, 3.05) is 7.11 Å². The molecule has 2 rings (SSSR count). The Morgan fingerprint density at radius 1 is 1.10 bits per heavy atom. The third-order valence-electron chi connectivity index (χ3n) is 5.41. The van der Waals surface area contributed by atoms with E-state index in [1.165, 1.54) is 29.5 Å². The molecule has 0 saturated heterocycles. The second-order valence-electron chi connectivity index (χ2n) is 7.38. The Hall–Kier alpha value is -0.900. The van der Waals surface area contributed by atoms with Crippen molar-refractivity contribution >= 4 is 0 Å². The van der Waals surface area contributed by atoms with Crippen LogP contribution >= 0.6 is 0 Å². The Bertz CT molecular complexity index is 486. The largest absolute Gasteiger partial charge is 0.376 e. The van der Waals surface area contributed by atoms with Gasteiger partial charge in [0.2, 0.25) is 0 Å². The number of hydrazine groups is 1. The topological polar surface area (TPSA) is 47.3 Å². The summed E-state index contributed by atoms with van der Waals surface area (Å²) in [7, 11) is 1.82. The fraction of sp³-hybridized carbons (Fsp3) is 0.667. The van der Waals surface area contributed by atoms with Gasteiger partial charge in [0.05, 0.1) is 11.6 Å². The molecular weight excluding hydrogens is 260 g/mol. The van der Waals surface area contributed by atoms with Gasteiger partial charge in [-0.25, -0.2) is 0 Å². The lowest BCUT2D eigenvalue weighted by atomic mass is 9.67. The highest BCUT2D eigenvalue weighted by atomic mass is 16.5. The minimum Gasteiger partial charge on any atom is -0.376 e. The molecule has 0 aliphatic heterocycles. The monoisotopic (exact) mass is 290 g/mol. The summed E-state index contributed by atoms with van der Waals surface area (Å²) in [5.74, 6) is 5.92. The number of aryl methyl sites for hydroxylation is 2. The van der Waals surface area contributed by atoms with Crippen LogP contribution in [-0.2, 0) is 4.74 Å². The molecule has 0 aromatic heterocycles. The molecule has 1 aliphatic carbocycles. The molecule has 0 spiro atoms. The fourth-order valence-corrected chi connectivity index (χ4v) is 3.46. The van der Waals surface area contributed by atoms with Crippen LogP contribution in [0, 0.1) is 19.3 Å². The second-order valence-corrected chi connectivity index (χ2v) is 7.38. The summed E-state index contributed by atoms with van der Waals surface area (Å²) in [6.45, 7) is 8.97. The molecule has 118 valence electrons.